The monoisotopic (exact) mass is 417 g/mol. The Morgan fingerprint density at radius 3 is 2.59 bits per heavy atom. The first-order valence-electron chi connectivity index (χ1n) is 11.6. The number of carbonyl (C=O) groups is 1. The van der Waals surface area contributed by atoms with E-state index < -0.39 is 0 Å². The second-order valence-corrected chi connectivity index (χ2v) is 8.80. The lowest BCUT2D eigenvalue weighted by Gasteiger charge is -2.35. The van der Waals surface area contributed by atoms with Crippen LogP contribution in [0.4, 0.5) is 5.69 Å². The number of thiol groups is 1. The minimum absolute atomic E-state index is 0.0979. The van der Waals surface area contributed by atoms with Crippen LogP contribution in [0.25, 0.3) is 0 Å². The highest BCUT2D eigenvalue weighted by molar-refractivity contribution is 7.79. The predicted molar refractivity (Wildman–Crippen MR) is 126 cm³/mol. The number of hydrogen-bond acceptors (Lipinski definition) is 4. The van der Waals surface area contributed by atoms with Crippen molar-refractivity contribution >= 4 is 24.2 Å². The van der Waals surface area contributed by atoms with Gasteiger partial charge in [0.2, 0.25) is 0 Å². The molecule has 29 heavy (non-hydrogen) atoms. The second-order valence-electron chi connectivity index (χ2n) is 8.80. The van der Waals surface area contributed by atoms with E-state index >= 15 is 0 Å². The summed E-state index contributed by atoms with van der Waals surface area (Å²) in [6, 6.07) is 6.40. The summed E-state index contributed by atoms with van der Waals surface area (Å²) in [5.74, 6) is 1.58. The van der Waals surface area contributed by atoms with Crippen molar-refractivity contribution in [3.8, 4) is 0 Å². The lowest BCUT2D eigenvalue weighted by atomic mass is 9.88. The Hall–Kier alpha value is -1.20. The zero-order chi connectivity index (χ0) is 20.5. The topological polar surface area (TPSA) is 44.4 Å². The fraction of sp³-hybridized carbons (Fsp3) is 0.708. The number of fused-ring (bicyclic) bond motifs is 1. The van der Waals surface area contributed by atoms with Crippen LogP contribution < -0.4 is 15.5 Å². The van der Waals surface area contributed by atoms with E-state index in [9.17, 15) is 4.79 Å². The van der Waals surface area contributed by atoms with Crippen LogP contribution in [0.15, 0.2) is 18.2 Å². The van der Waals surface area contributed by atoms with Crippen LogP contribution in [0.3, 0.4) is 0 Å². The van der Waals surface area contributed by atoms with Gasteiger partial charge in [0.15, 0.2) is 0 Å². The van der Waals surface area contributed by atoms with Gasteiger partial charge in [0, 0.05) is 30.9 Å². The fourth-order valence-electron chi connectivity index (χ4n) is 5.11. The van der Waals surface area contributed by atoms with Crippen molar-refractivity contribution in [3.63, 3.8) is 0 Å². The SMILES string of the molecule is CS.O=C(NCC1CCNCC1)c1ccc2c(c1)CCCN2CC1CCCCC1. The number of rotatable bonds is 5. The highest BCUT2D eigenvalue weighted by Gasteiger charge is 2.23. The number of anilines is 1. The van der Waals surface area contributed by atoms with Gasteiger partial charge in [0.25, 0.3) is 5.91 Å². The number of carbonyl (C=O) groups excluding carboxylic acids is 1. The molecule has 2 fully saturated rings. The van der Waals surface area contributed by atoms with Gasteiger partial charge in [-0.2, -0.15) is 12.6 Å². The number of nitrogens with one attached hydrogen (secondary N) is 2. The molecule has 2 N–H and O–H groups in total. The van der Waals surface area contributed by atoms with Gasteiger partial charge in [-0.1, -0.05) is 19.3 Å². The van der Waals surface area contributed by atoms with E-state index in [1.165, 1.54) is 75.7 Å². The third-order valence-corrected chi connectivity index (χ3v) is 6.77. The molecule has 3 aliphatic rings. The third kappa shape index (κ3) is 6.39. The maximum atomic E-state index is 12.6. The molecule has 4 rings (SSSR count). The van der Waals surface area contributed by atoms with Gasteiger partial charge >= 0.3 is 0 Å². The molecular weight excluding hydrogens is 378 g/mol. The summed E-state index contributed by atoms with van der Waals surface area (Å²) in [4.78, 5) is 15.2. The standard InChI is InChI=1S/C23H35N3O.CH4S/c27-23(25-16-18-10-12-24-13-11-18)21-8-9-22-20(15-21)7-4-14-26(22)17-19-5-2-1-3-6-19;1-2/h8-9,15,18-19,24H,1-7,10-14,16-17H2,(H,25,27);2H,1H3. The zero-order valence-corrected chi connectivity index (χ0v) is 19.0. The van der Waals surface area contributed by atoms with Crippen molar-refractivity contribution in [2.75, 3.05) is 43.9 Å². The van der Waals surface area contributed by atoms with Gasteiger partial charge in [-0.05, 0) is 93.5 Å². The average Bonchev–Trinajstić information content (AvgIpc) is 2.80. The van der Waals surface area contributed by atoms with E-state index in [1.54, 1.807) is 6.26 Å². The molecule has 0 atom stereocenters. The first kappa shape index (κ1) is 22.5. The summed E-state index contributed by atoms with van der Waals surface area (Å²) in [6.07, 6.45) is 13.4. The van der Waals surface area contributed by atoms with Gasteiger partial charge in [-0.3, -0.25) is 4.79 Å². The molecule has 0 radical (unpaired) electrons. The molecule has 0 unspecified atom stereocenters. The van der Waals surface area contributed by atoms with Crippen LogP contribution in [0, 0.1) is 11.8 Å². The molecule has 2 aliphatic heterocycles. The molecule has 0 bridgehead atoms. The van der Waals surface area contributed by atoms with Crippen molar-refractivity contribution in [3.05, 3.63) is 29.3 Å². The fourth-order valence-corrected chi connectivity index (χ4v) is 5.11. The Labute approximate surface area is 182 Å². The molecule has 1 saturated heterocycles. The first-order valence-corrected chi connectivity index (χ1v) is 12.5. The van der Waals surface area contributed by atoms with E-state index in [2.05, 4.69) is 40.3 Å². The molecule has 0 spiro atoms. The van der Waals surface area contributed by atoms with Crippen LogP contribution in [0.2, 0.25) is 0 Å². The van der Waals surface area contributed by atoms with Gasteiger partial charge in [-0.25, -0.2) is 0 Å². The highest BCUT2D eigenvalue weighted by atomic mass is 32.1. The van der Waals surface area contributed by atoms with Crippen molar-refractivity contribution < 1.29 is 4.79 Å². The minimum atomic E-state index is 0.0979. The lowest BCUT2D eigenvalue weighted by Crippen LogP contribution is -2.36. The van der Waals surface area contributed by atoms with E-state index in [1.807, 2.05) is 6.07 Å². The second kappa shape index (κ2) is 11.8. The quantitative estimate of drug-likeness (QED) is 0.626. The third-order valence-electron chi connectivity index (χ3n) is 6.77. The Morgan fingerprint density at radius 1 is 1.07 bits per heavy atom. The van der Waals surface area contributed by atoms with Crippen LogP contribution in [0.5, 0.6) is 0 Å². The van der Waals surface area contributed by atoms with Crippen LogP contribution in [0.1, 0.15) is 67.3 Å². The number of aryl methyl sites for hydroxylation is 1. The van der Waals surface area contributed by atoms with E-state index in [-0.39, 0.29) is 5.91 Å². The lowest BCUT2D eigenvalue weighted by molar-refractivity contribution is 0.0944. The van der Waals surface area contributed by atoms with Crippen LogP contribution in [-0.2, 0) is 6.42 Å². The molecular formula is C24H39N3OS. The van der Waals surface area contributed by atoms with Gasteiger partial charge in [0.1, 0.15) is 0 Å². The molecule has 1 saturated carbocycles. The van der Waals surface area contributed by atoms with E-state index in [4.69, 9.17) is 0 Å². The van der Waals surface area contributed by atoms with Gasteiger partial charge in [0.05, 0.1) is 0 Å². The number of nitrogens with zero attached hydrogens (tertiary/aromatic N) is 1. The van der Waals surface area contributed by atoms with E-state index in [0.717, 1.165) is 37.5 Å². The van der Waals surface area contributed by atoms with Crippen LogP contribution >= 0.6 is 12.6 Å². The molecule has 1 aromatic rings. The normalized spacial score (nSPS) is 20.4. The molecule has 0 aromatic heterocycles. The zero-order valence-electron chi connectivity index (χ0n) is 18.1. The number of piperidine rings is 1. The highest BCUT2D eigenvalue weighted by Crippen LogP contribution is 2.32. The molecule has 1 amide bonds. The minimum Gasteiger partial charge on any atom is -0.371 e. The molecule has 4 nitrogen and oxygen atoms in total. The first-order chi connectivity index (χ1) is 14.3. The molecule has 1 aromatic carbocycles. The smallest absolute Gasteiger partial charge is 0.251 e. The largest absolute Gasteiger partial charge is 0.371 e. The summed E-state index contributed by atoms with van der Waals surface area (Å²) in [7, 11) is 0. The average molecular weight is 418 g/mol. The maximum absolute atomic E-state index is 12.6. The van der Waals surface area contributed by atoms with Crippen molar-refractivity contribution in [2.45, 2.75) is 57.8 Å². The summed E-state index contributed by atoms with van der Waals surface area (Å²) in [6.45, 7) is 5.34. The van der Waals surface area contributed by atoms with E-state index in [0.29, 0.717) is 5.92 Å². The summed E-state index contributed by atoms with van der Waals surface area (Å²) < 4.78 is 0. The summed E-state index contributed by atoms with van der Waals surface area (Å²) in [5.41, 5.74) is 3.58. The Kier molecular flexibility index (Phi) is 9.19. The predicted octanol–water partition coefficient (Wildman–Crippen LogP) is 4.29. The maximum Gasteiger partial charge on any atom is 0.251 e. The van der Waals surface area contributed by atoms with Crippen molar-refractivity contribution in [2.24, 2.45) is 11.8 Å². The van der Waals surface area contributed by atoms with Crippen molar-refractivity contribution in [1.29, 1.82) is 0 Å². The van der Waals surface area contributed by atoms with Crippen LogP contribution in [-0.4, -0.2) is 44.9 Å². The van der Waals surface area contributed by atoms with Crippen molar-refractivity contribution in [1.82, 2.24) is 10.6 Å². The molecule has 5 heteroatoms. The van der Waals surface area contributed by atoms with Gasteiger partial charge in [-0.15, -0.1) is 0 Å². The Balaban J connectivity index is 0.00000117. The number of amides is 1. The Morgan fingerprint density at radius 2 is 1.83 bits per heavy atom. The Bertz CT molecular complexity index is 639. The van der Waals surface area contributed by atoms with Gasteiger partial charge < -0.3 is 15.5 Å². The summed E-state index contributed by atoms with van der Waals surface area (Å²) in [5, 5.41) is 6.56. The number of hydrogen-bond donors (Lipinski definition) is 3. The molecule has 1 aliphatic carbocycles. The molecule has 2 heterocycles. The number of benzene rings is 1. The molecule has 162 valence electrons. The summed E-state index contributed by atoms with van der Waals surface area (Å²) >= 11 is 3.53.